The number of aromatic amines is 1. The number of H-pyrrole nitrogens is 1. The van der Waals surface area contributed by atoms with Crippen LogP contribution in [0.1, 0.15) is 25.1 Å². The Morgan fingerprint density at radius 1 is 1.36 bits per heavy atom. The predicted octanol–water partition coefficient (Wildman–Crippen LogP) is 2.25. The number of hydrogen-bond donors (Lipinski definition) is 1. The molecule has 1 aromatic carbocycles. The molecule has 0 spiro atoms. The number of nitrogens with one attached hydrogen (secondary N) is 1. The van der Waals surface area contributed by atoms with E-state index in [2.05, 4.69) is 22.1 Å². The van der Waals surface area contributed by atoms with E-state index in [0.717, 1.165) is 19.3 Å². The molecule has 1 atom stereocenters. The first-order valence-corrected chi connectivity index (χ1v) is 8.59. The van der Waals surface area contributed by atoms with Crippen molar-refractivity contribution < 1.29 is 9.53 Å². The van der Waals surface area contributed by atoms with E-state index in [-0.39, 0.29) is 23.9 Å². The SMILES string of the molecule is COCCN(Cc1nc2ccccc2c(=O)[nH]1)C(=O)[C@@H]1CC=CCC1. The summed E-state index contributed by atoms with van der Waals surface area (Å²) in [7, 11) is 1.61. The van der Waals surface area contributed by atoms with Gasteiger partial charge in [0.15, 0.2) is 0 Å². The Bertz CT molecular complexity index is 828. The monoisotopic (exact) mass is 341 g/mol. The third-order valence-electron chi connectivity index (χ3n) is 4.50. The minimum absolute atomic E-state index is 0.00552. The number of benzene rings is 1. The second kappa shape index (κ2) is 8.07. The summed E-state index contributed by atoms with van der Waals surface area (Å²) in [5, 5.41) is 0.554. The Kier molecular flexibility index (Phi) is 5.60. The van der Waals surface area contributed by atoms with Crippen LogP contribution in [0.2, 0.25) is 0 Å². The highest BCUT2D eigenvalue weighted by Crippen LogP contribution is 2.21. The zero-order chi connectivity index (χ0) is 17.6. The molecule has 6 heteroatoms. The molecule has 1 N–H and O–H groups in total. The van der Waals surface area contributed by atoms with Crippen molar-refractivity contribution in [1.29, 1.82) is 0 Å². The number of hydrogen-bond acceptors (Lipinski definition) is 4. The molecular weight excluding hydrogens is 318 g/mol. The number of nitrogens with zero attached hydrogens (tertiary/aromatic N) is 2. The van der Waals surface area contributed by atoms with Crippen LogP contribution in [0.4, 0.5) is 0 Å². The largest absolute Gasteiger partial charge is 0.383 e. The lowest BCUT2D eigenvalue weighted by Crippen LogP contribution is -2.39. The third kappa shape index (κ3) is 4.14. The first-order valence-electron chi connectivity index (χ1n) is 8.59. The van der Waals surface area contributed by atoms with Crippen molar-refractivity contribution in [2.75, 3.05) is 20.3 Å². The molecule has 1 heterocycles. The zero-order valence-corrected chi connectivity index (χ0v) is 14.4. The molecule has 1 aliphatic carbocycles. The number of ether oxygens (including phenoxy) is 1. The lowest BCUT2D eigenvalue weighted by atomic mass is 9.93. The van der Waals surface area contributed by atoms with Gasteiger partial charge in [-0.05, 0) is 31.4 Å². The number of methoxy groups -OCH3 is 1. The standard InChI is InChI=1S/C19H23N3O3/c1-25-12-11-22(19(24)14-7-3-2-4-8-14)13-17-20-16-10-6-5-9-15(16)18(23)21-17/h2-3,5-6,9-10,14H,4,7-8,11-13H2,1H3,(H,20,21,23)/t14-/m1/s1. The number of para-hydroxylation sites is 1. The molecule has 1 aliphatic rings. The van der Waals surface area contributed by atoms with Gasteiger partial charge in [0.25, 0.3) is 5.56 Å². The minimum atomic E-state index is -0.180. The molecule has 0 radical (unpaired) electrons. The molecule has 25 heavy (non-hydrogen) atoms. The van der Waals surface area contributed by atoms with Gasteiger partial charge in [-0.2, -0.15) is 0 Å². The van der Waals surface area contributed by atoms with Crippen molar-refractivity contribution in [1.82, 2.24) is 14.9 Å². The van der Waals surface area contributed by atoms with Crippen molar-refractivity contribution in [3.05, 3.63) is 52.6 Å². The van der Waals surface area contributed by atoms with Gasteiger partial charge in [-0.15, -0.1) is 0 Å². The molecule has 6 nitrogen and oxygen atoms in total. The highest BCUT2D eigenvalue weighted by atomic mass is 16.5. The summed E-state index contributed by atoms with van der Waals surface area (Å²) in [5.74, 6) is 0.589. The molecule has 3 rings (SSSR count). The van der Waals surface area contributed by atoms with Crippen LogP contribution in [0.3, 0.4) is 0 Å². The van der Waals surface area contributed by atoms with E-state index in [1.807, 2.05) is 12.1 Å². The van der Waals surface area contributed by atoms with E-state index in [0.29, 0.717) is 29.9 Å². The van der Waals surface area contributed by atoms with E-state index in [1.54, 1.807) is 24.1 Å². The highest BCUT2D eigenvalue weighted by molar-refractivity contribution is 5.79. The highest BCUT2D eigenvalue weighted by Gasteiger charge is 2.25. The smallest absolute Gasteiger partial charge is 0.258 e. The van der Waals surface area contributed by atoms with Gasteiger partial charge in [-0.25, -0.2) is 4.98 Å². The summed E-state index contributed by atoms with van der Waals surface area (Å²) in [4.78, 5) is 34.2. The van der Waals surface area contributed by atoms with Crippen LogP contribution < -0.4 is 5.56 Å². The Morgan fingerprint density at radius 3 is 2.96 bits per heavy atom. The first kappa shape index (κ1) is 17.4. The maximum absolute atomic E-state index is 12.9. The number of amides is 1. The fourth-order valence-electron chi connectivity index (χ4n) is 3.14. The average Bonchev–Trinajstić information content (AvgIpc) is 2.65. The average molecular weight is 341 g/mol. The molecule has 1 amide bonds. The molecule has 2 aromatic rings. The molecule has 0 unspecified atom stereocenters. The Labute approximate surface area is 146 Å². The zero-order valence-electron chi connectivity index (χ0n) is 14.4. The molecule has 1 aromatic heterocycles. The quantitative estimate of drug-likeness (QED) is 0.818. The number of rotatable bonds is 6. The van der Waals surface area contributed by atoms with Crippen LogP contribution in [-0.4, -0.2) is 41.0 Å². The van der Waals surface area contributed by atoms with Gasteiger partial charge in [-0.3, -0.25) is 9.59 Å². The summed E-state index contributed by atoms with van der Waals surface area (Å²) >= 11 is 0. The Balaban J connectivity index is 1.83. The van der Waals surface area contributed by atoms with Gasteiger partial charge in [-0.1, -0.05) is 24.3 Å². The molecule has 0 fully saturated rings. The Hall–Kier alpha value is -2.47. The van der Waals surface area contributed by atoms with E-state index in [9.17, 15) is 9.59 Å². The lowest BCUT2D eigenvalue weighted by Gasteiger charge is -2.27. The number of allylic oxidation sites excluding steroid dienone is 2. The summed E-state index contributed by atoms with van der Waals surface area (Å²) in [6, 6.07) is 7.21. The second-order valence-electron chi connectivity index (χ2n) is 6.26. The van der Waals surface area contributed by atoms with Crippen LogP contribution in [0, 0.1) is 5.92 Å². The topological polar surface area (TPSA) is 75.3 Å². The van der Waals surface area contributed by atoms with Gasteiger partial charge in [0, 0.05) is 19.6 Å². The number of fused-ring (bicyclic) bond motifs is 1. The van der Waals surface area contributed by atoms with Crippen molar-refractivity contribution >= 4 is 16.8 Å². The predicted molar refractivity (Wildman–Crippen MR) is 96.1 cm³/mol. The molecule has 0 bridgehead atoms. The normalized spacial score (nSPS) is 16.9. The van der Waals surface area contributed by atoms with Gasteiger partial charge >= 0.3 is 0 Å². The van der Waals surface area contributed by atoms with Crippen molar-refractivity contribution in [2.24, 2.45) is 5.92 Å². The molecule has 0 aliphatic heterocycles. The van der Waals surface area contributed by atoms with Crippen molar-refractivity contribution in [3.8, 4) is 0 Å². The Morgan fingerprint density at radius 2 is 2.20 bits per heavy atom. The van der Waals surface area contributed by atoms with Gasteiger partial charge < -0.3 is 14.6 Å². The lowest BCUT2D eigenvalue weighted by molar-refractivity contribution is -0.137. The van der Waals surface area contributed by atoms with Gasteiger partial charge in [0.1, 0.15) is 5.82 Å². The van der Waals surface area contributed by atoms with Gasteiger partial charge in [0.2, 0.25) is 5.91 Å². The number of aromatic nitrogens is 2. The van der Waals surface area contributed by atoms with Crippen LogP contribution in [0.25, 0.3) is 10.9 Å². The van der Waals surface area contributed by atoms with Crippen molar-refractivity contribution in [3.63, 3.8) is 0 Å². The molecule has 0 saturated heterocycles. The van der Waals surface area contributed by atoms with E-state index in [1.165, 1.54) is 0 Å². The summed E-state index contributed by atoms with van der Waals surface area (Å²) < 4.78 is 5.14. The fraction of sp³-hybridized carbons (Fsp3) is 0.421. The van der Waals surface area contributed by atoms with Crippen LogP contribution >= 0.6 is 0 Å². The number of carbonyl (C=O) groups is 1. The molecular formula is C19H23N3O3. The van der Waals surface area contributed by atoms with Crippen LogP contribution in [-0.2, 0) is 16.1 Å². The molecule has 132 valence electrons. The maximum Gasteiger partial charge on any atom is 0.258 e. The van der Waals surface area contributed by atoms with Gasteiger partial charge in [0.05, 0.1) is 24.1 Å². The summed E-state index contributed by atoms with van der Waals surface area (Å²) in [6.45, 7) is 1.21. The fourth-order valence-corrected chi connectivity index (χ4v) is 3.14. The van der Waals surface area contributed by atoms with E-state index in [4.69, 9.17) is 4.74 Å². The van der Waals surface area contributed by atoms with Crippen LogP contribution in [0.15, 0.2) is 41.2 Å². The van der Waals surface area contributed by atoms with E-state index < -0.39 is 0 Å². The summed E-state index contributed by atoms with van der Waals surface area (Å²) in [6.07, 6.45) is 6.74. The minimum Gasteiger partial charge on any atom is -0.383 e. The third-order valence-corrected chi connectivity index (χ3v) is 4.50. The van der Waals surface area contributed by atoms with E-state index >= 15 is 0 Å². The van der Waals surface area contributed by atoms with Crippen LogP contribution in [0.5, 0.6) is 0 Å². The number of carbonyl (C=O) groups excluding carboxylic acids is 1. The van der Waals surface area contributed by atoms with Crippen molar-refractivity contribution in [2.45, 2.75) is 25.8 Å². The summed E-state index contributed by atoms with van der Waals surface area (Å²) in [5.41, 5.74) is 0.460. The molecule has 0 saturated carbocycles. The maximum atomic E-state index is 12.9. The second-order valence-corrected chi connectivity index (χ2v) is 6.26. The first-order chi connectivity index (χ1) is 12.2.